The molecule has 19 heavy (non-hydrogen) atoms. The van der Waals surface area contributed by atoms with E-state index >= 15 is 0 Å². The molecule has 2 nitrogen and oxygen atoms in total. The van der Waals surface area contributed by atoms with Crippen LogP contribution in [0.3, 0.4) is 0 Å². The lowest BCUT2D eigenvalue weighted by Gasteiger charge is -2.23. The van der Waals surface area contributed by atoms with E-state index in [2.05, 4.69) is 41.2 Å². The zero-order valence-corrected chi connectivity index (χ0v) is 13.8. The number of ether oxygens (including phenoxy) is 1. The molecule has 0 saturated carbocycles. The molecule has 106 valence electrons. The van der Waals surface area contributed by atoms with E-state index in [0.717, 1.165) is 18.7 Å². The summed E-state index contributed by atoms with van der Waals surface area (Å²) in [5.74, 6) is 1.06. The molecular weight excluding hydrogens is 302 g/mol. The van der Waals surface area contributed by atoms with Gasteiger partial charge in [0.15, 0.2) is 0 Å². The monoisotopic (exact) mass is 325 g/mol. The fourth-order valence-corrected chi connectivity index (χ4v) is 3.58. The Morgan fingerprint density at radius 2 is 2.21 bits per heavy atom. The predicted octanol–water partition coefficient (Wildman–Crippen LogP) is 4.53. The highest BCUT2D eigenvalue weighted by Gasteiger charge is 2.24. The van der Waals surface area contributed by atoms with Crippen LogP contribution in [0.4, 0.5) is 0 Å². The molecule has 0 spiro atoms. The average Bonchev–Trinajstić information content (AvgIpc) is 2.63. The van der Waals surface area contributed by atoms with Crippen LogP contribution in [0.25, 0.3) is 0 Å². The van der Waals surface area contributed by atoms with Crippen molar-refractivity contribution in [1.82, 2.24) is 5.32 Å². The fraction of sp³-hybridized carbons (Fsp3) is 0.625. The van der Waals surface area contributed by atoms with Crippen molar-refractivity contribution in [3.05, 3.63) is 27.2 Å². The molecule has 0 aromatic heterocycles. The first-order valence-corrected chi connectivity index (χ1v) is 8.07. The molecule has 1 aromatic rings. The number of hydrogen-bond donors (Lipinski definition) is 1. The van der Waals surface area contributed by atoms with Gasteiger partial charge in [-0.25, -0.2) is 0 Å². The summed E-state index contributed by atoms with van der Waals surface area (Å²) in [6, 6.07) is 2.62. The lowest BCUT2D eigenvalue weighted by Crippen LogP contribution is -2.23. The van der Waals surface area contributed by atoms with E-state index in [4.69, 9.17) is 4.74 Å². The minimum absolute atomic E-state index is 0.459. The predicted molar refractivity (Wildman–Crippen MR) is 84.0 cm³/mol. The van der Waals surface area contributed by atoms with Crippen molar-refractivity contribution in [2.24, 2.45) is 0 Å². The third-order valence-corrected chi connectivity index (χ3v) is 4.98. The molecular formula is C16H24BrNO. The molecule has 1 atom stereocenters. The molecule has 3 heteroatoms. The highest BCUT2D eigenvalue weighted by atomic mass is 79.9. The van der Waals surface area contributed by atoms with Crippen LogP contribution >= 0.6 is 15.9 Å². The zero-order chi connectivity index (χ0) is 13.8. The van der Waals surface area contributed by atoms with Gasteiger partial charge >= 0.3 is 0 Å². The van der Waals surface area contributed by atoms with Crippen LogP contribution in [-0.4, -0.2) is 13.7 Å². The Morgan fingerprint density at radius 3 is 2.89 bits per heavy atom. The maximum Gasteiger partial charge on any atom is 0.122 e. The Balaban J connectivity index is 2.47. The number of fused-ring (bicyclic) bond motifs is 1. The zero-order valence-electron chi connectivity index (χ0n) is 12.2. The number of halogens is 1. The molecule has 0 bridgehead atoms. The van der Waals surface area contributed by atoms with Gasteiger partial charge < -0.3 is 10.1 Å². The molecule has 0 radical (unpaired) electrons. The molecule has 0 amide bonds. The first-order chi connectivity index (χ1) is 9.19. The summed E-state index contributed by atoms with van der Waals surface area (Å²) < 4.78 is 6.87. The van der Waals surface area contributed by atoms with Crippen LogP contribution in [0.1, 0.15) is 55.3 Å². The van der Waals surface area contributed by atoms with E-state index in [1.807, 2.05) is 0 Å². The maximum absolute atomic E-state index is 5.61. The summed E-state index contributed by atoms with van der Waals surface area (Å²) in [6.07, 6.45) is 6.06. The van der Waals surface area contributed by atoms with Gasteiger partial charge in [-0.3, -0.25) is 0 Å². The van der Waals surface area contributed by atoms with Gasteiger partial charge in [0.1, 0.15) is 5.75 Å². The molecule has 0 fully saturated rings. The third kappa shape index (κ3) is 3.14. The van der Waals surface area contributed by atoms with Crippen molar-refractivity contribution in [3.8, 4) is 5.75 Å². The molecule has 1 aliphatic rings. The molecule has 0 aliphatic heterocycles. The number of rotatable bonds is 4. The largest absolute Gasteiger partial charge is 0.496 e. The van der Waals surface area contributed by atoms with Crippen molar-refractivity contribution < 1.29 is 4.74 Å². The second kappa shape index (κ2) is 6.76. The van der Waals surface area contributed by atoms with E-state index in [9.17, 15) is 0 Å². The average molecular weight is 326 g/mol. The van der Waals surface area contributed by atoms with Crippen LogP contribution < -0.4 is 10.1 Å². The number of benzene rings is 1. The molecule has 2 rings (SSSR count). The summed E-state index contributed by atoms with van der Waals surface area (Å²) in [5.41, 5.74) is 4.09. The Kier molecular flexibility index (Phi) is 5.28. The molecule has 1 aromatic carbocycles. The lowest BCUT2D eigenvalue weighted by atomic mass is 9.95. The first-order valence-electron chi connectivity index (χ1n) is 7.28. The maximum atomic E-state index is 5.61. The minimum atomic E-state index is 0.459. The van der Waals surface area contributed by atoms with Gasteiger partial charge in [-0.15, -0.1) is 0 Å². The van der Waals surface area contributed by atoms with Crippen molar-refractivity contribution in [2.45, 2.75) is 52.0 Å². The van der Waals surface area contributed by atoms with Gasteiger partial charge in [-0.1, -0.05) is 29.3 Å². The SMILES string of the molecule is CCCNC1CCCCc2c(OC)cc(C)c(Br)c21. The van der Waals surface area contributed by atoms with Crippen molar-refractivity contribution in [1.29, 1.82) is 0 Å². The van der Waals surface area contributed by atoms with Crippen LogP contribution in [0.5, 0.6) is 5.75 Å². The van der Waals surface area contributed by atoms with Crippen molar-refractivity contribution in [3.63, 3.8) is 0 Å². The Morgan fingerprint density at radius 1 is 1.42 bits per heavy atom. The van der Waals surface area contributed by atoms with Crippen LogP contribution in [0, 0.1) is 6.92 Å². The Labute approximate surface area is 125 Å². The van der Waals surface area contributed by atoms with E-state index in [0.29, 0.717) is 6.04 Å². The quantitative estimate of drug-likeness (QED) is 0.821. The number of nitrogens with one attached hydrogen (secondary N) is 1. The molecule has 1 aliphatic carbocycles. The minimum Gasteiger partial charge on any atom is -0.496 e. The second-order valence-electron chi connectivity index (χ2n) is 5.35. The highest BCUT2D eigenvalue weighted by Crippen LogP contribution is 2.40. The van der Waals surface area contributed by atoms with Gasteiger partial charge in [0, 0.05) is 16.1 Å². The van der Waals surface area contributed by atoms with Gasteiger partial charge in [0.2, 0.25) is 0 Å². The summed E-state index contributed by atoms with van der Waals surface area (Å²) in [5, 5.41) is 3.70. The van der Waals surface area contributed by atoms with Gasteiger partial charge in [-0.05, 0) is 56.3 Å². The standard InChI is InChI=1S/C16H24BrNO/c1-4-9-18-13-8-6-5-7-12-14(19-3)10-11(2)16(17)15(12)13/h10,13,18H,4-9H2,1-3H3. The molecule has 0 heterocycles. The summed E-state index contributed by atoms with van der Waals surface area (Å²) in [6.45, 7) is 5.44. The van der Waals surface area contributed by atoms with E-state index in [1.165, 1.54) is 46.8 Å². The fourth-order valence-electron chi connectivity index (χ4n) is 2.95. The Hall–Kier alpha value is -0.540. The van der Waals surface area contributed by atoms with E-state index in [1.54, 1.807) is 7.11 Å². The number of methoxy groups -OCH3 is 1. The van der Waals surface area contributed by atoms with Crippen LogP contribution in [0.2, 0.25) is 0 Å². The lowest BCUT2D eigenvalue weighted by molar-refractivity contribution is 0.407. The smallest absolute Gasteiger partial charge is 0.122 e. The van der Waals surface area contributed by atoms with Gasteiger partial charge in [0.05, 0.1) is 7.11 Å². The molecule has 0 saturated heterocycles. The number of aryl methyl sites for hydroxylation is 1. The van der Waals surface area contributed by atoms with E-state index < -0.39 is 0 Å². The van der Waals surface area contributed by atoms with Crippen molar-refractivity contribution >= 4 is 15.9 Å². The highest BCUT2D eigenvalue weighted by molar-refractivity contribution is 9.10. The second-order valence-corrected chi connectivity index (χ2v) is 6.15. The van der Waals surface area contributed by atoms with Crippen LogP contribution in [-0.2, 0) is 6.42 Å². The molecule has 1 unspecified atom stereocenters. The topological polar surface area (TPSA) is 21.3 Å². The van der Waals surface area contributed by atoms with Gasteiger partial charge in [0.25, 0.3) is 0 Å². The summed E-state index contributed by atoms with van der Waals surface area (Å²) in [4.78, 5) is 0. The Bertz CT molecular complexity index is 445. The van der Waals surface area contributed by atoms with Crippen molar-refractivity contribution in [2.75, 3.05) is 13.7 Å². The van der Waals surface area contributed by atoms with E-state index in [-0.39, 0.29) is 0 Å². The summed E-state index contributed by atoms with van der Waals surface area (Å²) in [7, 11) is 1.78. The summed E-state index contributed by atoms with van der Waals surface area (Å²) >= 11 is 3.80. The number of hydrogen-bond acceptors (Lipinski definition) is 2. The molecule has 1 N–H and O–H groups in total. The van der Waals surface area contributed by atoms with Gasteiger partial charge in [-0.2, -0.15) is 0 Å². The third-order valence-electron chi connectivity index (χ3n) is 3.93. The van der Waals surface area contributed by atoms with Crippen LogP contribution in [0.15, 0.2) is 10.5 Å². The first kappa shape index (κ1) is 14.9. The normalized spacial score (nSPS) is 18.8.